The fourth-order valence-corrected chi connectivity index (χ4v) is 3.18. The quantitative estimate of drug-likeness (QED) is 0.599. The van der Waals surface area contributed by atoms with Crippen molar-refractivity contribution in [2.75, 3.05) is 31.1 Å². The molecule has 2 aromatic rings. The van der Waals surface area contributed by atoms with Gasteiger partial charge in [0.25, 0.3) is 11.6 Å². The minimum atomic E-state index is -0.587. The van der Waals surface area contributed by atoms with E-state index in [2.05, 4.69) is 4.90 Å². The molecule has 0 N–H and O–H groups in total. The lowest BCUT2D eigenvalue weighted by atomic mass is 10.1. The predicted octanol–water partition coefficient (Wildman–Crippen LogP) is 3.86. The van der Waals surface area contributed by atoms with Crippen LogP contribution >= 0.6 is 23.2 Å². The Bertz CT molecular complexity index is 821. The van der Waals surface area contributed by atoms with E-state index >= 15 is 0 Å². The Hall–Kier alpha value is -2.31. The highest BCUT2D eigenvalue weighted by Crippen LogP contribution is 2.26. The lowest BCUT2D eigenvalue weighted by molar-refractivity contribution is -0.384. The Morgan fingerprint density at radius 2 is 1.76 bits per heavy atom. The summed E-state index contributed by atoms with van der Waals surface area (Å²) in [6.45, 7) is 2.40. The highest BCUT2D eigenvalue weighted by atomic mass is 35.5. The van der Waals surface area contributed by atoms with Crippen molar-refractivity contribution < 1.29 is 9.72 Å². The van der Waals surface area contributed by atoms with Gasteiger partial charge >= 0.3 is 0 Å². The molecule has 0 aliphatic carbocycles. The summed E-state index contributed by atoms with van der Waals surface area (Å²) in [5.74, 6) is -0.231. The van der Waals surface area contributed by atoms with Gasteiger partial charge in [-0.1, -0.05) is 29.3 Å². The maximum Gasteiger partial charge on any atom is 0.288 e. The topological polar surface area (TPSA) is 66.7 Å². The molecule has 1 fully saturated rings. The van der Waals surface area contributed by atoms with Crippen LogP contribution < -0.4 is 4.90 Å². The summed E-state index contributed by atoms with van der Waals surface area (Å²) in [7, 11) is 0. The highest BCUT2D eigenvalue weighted by molar-refractivity contribution is 6.32. The third kappa shape index (κ3) is 3.86. The highest BCUT2D eigenvalue weighted by Gasteiger charge is 2.24. The van der Waals surface area contributed by atoms with E-state index in [0.717, 1.165) is 5.69 Å². The van der Waals surface area contributed by atoms with Crippen molar-refractivity contribution in [3.8, 4) is 0 Å². The lowest BCUT2D eigenvalue weighted by Crippen LogP contribution is -2.48. The molecular formula is C17H15Cl2N3O3. The fourth-order valence-electron chi connectivity index (χ4n) is 2.81. The van der Waals surface area contributed by atoms with Gasteiger partial charge in [0.2, 0.25) is 0 Å². The average Bonchev–Trinajstić information content (AvgIpc) is 2.61. The summed E-state index contributed by atoms with van der Waals surface area (Å²) in [5, 5.41) is 11.7. The first-order chi connectivity index (χ1) is 12.0. The number of carbonyl (C=O) groups excluding carboxylic acids is 1. The molecule has 2 aromatic carbocycles. The number of amides is 1. The third-order valence-electron chi connectivity index (χ3n) is 4.13. The number of piperazine rings is 1. The van der Waals surface area contributed by atoms with Crippen molar-refractivity contribution in [1.82, 2.24) is 4.90 Å². The summed E-state index contributed by atoms with van der Waals surface area (Å²) in [4.78, 5) is 26.8. The Morgan fingerprint density at radius 3 is 2.40 bits per heavy atom. The predicted molar refractivity (Wildman–Crippen MR) is 97.7 cm³/mol. The van der Waals surface area contributed by atoms with Crippen molar-refractivity contribution in [2.45, 2.75) is 0 Å². The number of hydrogen-bond donors (Lipinski definition) is 0. The van der Waals surface area contributed by atoms with Gasteiger partial charge in [-0.25, -0.2) is 0 Å². The Labute approximate surface area is 154 Å². The largest absolute Gasteiger partial charge is 0.368 e. The van der Waals surface area contributed by atoms with Crippen molar-refractivity contribution in [3.05, 3.63) is 68.2 Å². The molecule has 1 aliphatic rings. The lowest BCUT2D eigenvalue weighted by Gasteiger charge is -2.36. The number of benzene rings is 2. The van der Waals surface area contributed by atoms with Gasteiger partial charge in [0.05, 0.1) is 4.92 Å². The van der Waals surface area contributed by atoms with Crippen molar-refractivity contribution >= 4 is 40.5 Å². The zero-order chi connectivity index (χ0) is 18.0. The van der Waals surface area contributed by atoms with Crippen LogP contribution in [0.2, 0.25) is 10.0 Å². The summed E-state index contributed by atoms with van der Waals surface area (Å²) >= 11 is 11.8. The van der Waals surface area contributed by atoms with Gasteiger partial charge < -0.3 is 9.80 Å². The normalized spacial score (nSPS) is 14.5. The first kappa shape index (κ1) is 17.5. The maximum absolute atomic E-state index is 12.6. The van der Waals surface area contributed by atoms with Crippen LogP contribution in [-0.2, 0) is 0 Å². The molecule has 1 amide bonds. The van der Waals surface area contributed by atoms with Gasteiger partial charge in [0, 0.05) is 48.5 Å². The molecule has 0 atom stereocenters. The maximum atomic E-state index is 12.6. The van der Waals surface area contributed by atoms with Crippen molar-refractivity contribution in [1.29, 1.82) is 0 Å². The Kier molecular flexibility index (Phi) is 5.11. The minimum Gasteiger partial charge on any atom is -0.368 e. The summed E-state index contributed by atoms with van der Waals surface area (Å²) in [5.41, 5.74) is 1.03. The fraction of sp³-hybridized carbons (Fsp3) is 0.235. The second kappa shape index (κ2) is 7.29. The number of nitro benzene ring substituents is 1. The van der Waals surface area contributed by atoms with E-state index in [9.17, 15) is 14.9 Å². The van der Waals surface area contributed by atoms with Crippen LogP contribution in [0.25, 0.3) is 0 Å². The van der Waals surface area contributed by atoms with E-state index in [0.29, 0.717) is 31.2 Å². The van der Waals surface area contributed by atoms with Gasteiger partial charge in [0.1, 0.15) is 5.02 Å². The number of anilines is 1. The summed E-state index contributed by atoms with van der Waals surface area (Å²) in [6.07, 6.45) is 0. The van der Waals surface area contributed by atoms with Crippen LogP contribution in [0.15, 0.2) is 42.5 Å². The molecule has 1 saturated heterocycles. The smallest absolute Gasteiger partial charge is 0.288 e. The van der Waals surface area contributed by atoms with E-state index in [1.807, 2.05) is 24.3 Å². The van der Waals surface area contributed by atoms with Gasteiger partial charge in [-0.15, -0.1) is 0 Å². The Morgan fingerprint density at radius 1 is 1.04 bits per heavy atom. The standard InChI is InChI=1S/C17H15Cl2N3O3/c18-13-2-1-3-14(11-13)20-6-8-21(9-7-20)17(23)12-4-5-15(19)16(10-12)22(24)25/h1-5,10-11H,6-9H2. The summed E-state index contributed by atoms with van der Waals surface area (Å²) < 4.78 is 0. The molecule has 0 saturated carbocycles. The van der Waals surface area contributed by atoms with Crippen LogP contribution in [0.1, 0.15) is 10.4 Å². The summed E-state index contributed by atoms with van der Waals surface area (Å²) in [6, 6.07) is 11.7. The van der Waals surface area contributed by atoms with Crippen molar-refractivity contribution in [3.63, 3.8) is 0 Å². The van der Waals surface area contributed by atoms with E-state index in [-0.39, 0.29) is 22.2 Å². The molecule has 8 heteroatoms. The number of halogens is 2. The van der Waals surface area contributed by atoms with Gasteiger partial charge in [-0.3, -0.25) is 14.9 Å². The van der Waals surface area contributed by atoms with Crippen LogP contribution in [0.5, 0.6) is 0 Å². The Balaban J connectivity index is 1.69. The molecular weight excluding hydrogens is 365 g/mol. The van der Waals surface area contributed by atoms with Crippen LogP contribution in [0, 0.1) is 10.1 Å². The van der Waals surface area contributed by atoms with Crippen molar-refractivity contribution in [2.24, 2.45) is 0 Å². The average molecular weight is 380 g/mol. The van der Waals surface area contributed by atoms with E-state index < -0.39 is 4.92 Å². The minimum absolute atomic E-state index is 0.0207. The molecule has 6 nitrogen and oxygen atoms in total. The monoisotopic (exact) mass is 379 g/mol. The molecule has 3 rings (SSSR count). The molecule has 0 aromatic heterocycles. The molecule has 25 heavy (non-hydrogen) atoms. The molecule has 1 aliphatic heterocycles. The van der Waals surface area contributed by atoms with E-state index in [1.54, 1.807) is 4.90 Å². The van der Waals surface area contributed by atoms with Gasteiger partial charge in [-0.05, 0) is 30.3 Å². The zero-order valence-corrected chi connectivity index (χ0v) is 14.7. The molecule has 0 spiro atoms. The van der Waals surface area contributed by atoms with E-state index in [4.69, 9.17) is 23.2 Å². The van der Waals surface area contributed by atoms with Gasteiger partial charge in [-0.2, -0.15) is 0 Å². The van der Waals surface area contributed by atoms with E-state index in [1.165, 1.54) is 18.2 Å². The molecule has 0 radical (unpaired) electrons. The van der Waals surface area contributed by atoms with Crippen LogP contribution in [0.4, 0.5) is 11.4 Å². The first-order valence-electron chi connectivity index (χ1n) is 7.69. The number of nitrogens with zero attached hydrogens (tertiary/aromatic N) is 3. The molecule has 1 heterocycles. The molecule has 0 bridgehead atoms. The second-order valence-electron chi connectivity index (χ2n) is 5.68. The first-order valence-corrected chi connectivity index (χ1v) is 8.45. The third-order valence-corrected chi connectivity index (χ3v) is 4.68. The van der Waals surface area contributed by atoms with Crippen LogP contribution in [-0.4, -0.2) is 41.9 Å². The second-order valence-corrected chi connectivity index (χ2v) is 6.53. The number of nitro groups is 1. The zero-order valence-electron chi connectivity index (χ0n) is 13.2. The SMILES string of the molecule is O=C(c1ccc(Cl)c([N+](=O)[O-])c1)N1CCN(c2cccc(Cl)c2)CC1. The number of hydrogen-bond acceptors (Lipinski definition) is 4. The molecule has 0 unspecified atom stereocenters. The van der Waals surface area contributed by atoms with Crippen LogP contribution in [0.3, 0.4) is 0 Å². The molecule has 130 valence electrons. The van der Waals surface area contributed by atoms with Gasteiger partial charge in [0.15, 0.2) is 0 Å². The number of carbonyl (C=O) groups is 1. The number of rotatable bonds is 3.